The van der Waals surface area contributed by atoms with Crippen molar-refractivity contribution in [2.45, 2.75) is 19.4 Å². The molecule has 0 spiro atoms. The lowest BCUT2D eigenvalue weighted by Crippen LogP contribution is -2.07. The van der Waals surface area contributed by atoms with Crippen LogP contribution in [-0.4, -0.2) is 4.57 Å². The van der Waals surface area contributed by atoms with E-state index in [9.17, 15) is 0 Å². The average Bonchev–Trinajstić information content (AvgIpc) is 2.89. The van der Waals surface area contributed by atoms with E-state index in [-0.39, 0.29) is 0 Å². The van der Waals surface area contributed by atoms with Crippen LogP contribution < -0.4 is 0 Å². The van der Waals surface area contributed by atoms with E-state index < -0.39 is 0 Å². The van der Waals surface area contributed by atoms with Crippen LogP contribution in [0.1, 0.15) is 18.0 Å². The number of hydrogen-bond acceptors (Lipinski definition) is 0. The van der Waals surface area contributed by atoms with Crippen LogP contribution in [0.25, 0.3) is 21.8 Å². The van der Waals surface area contributed by atoms with Crippen LogP contribution in [0.4, 0.5) is 0 Å². The number of aryl methyl sites for hydroxylation is 1. The number of para-hydroxylation sites is 1. The molecule has 1 aliphatic rings. The minimum Gasteiger partial charge on any atom is -0.333 e. The molecule has 0 bridgehead atoms. The van der Waals surface area contributed by atoms with Crippen molar-refractivity contribution in [1.82, 2.24) is 4.57 Å². The van der Waals surface area contributed by atoms with Crippen molar-refractivity contribution in [2.75, 3.05) is 0 Å². The fourth-order valence-electron chi connectivity index (χ4n) is 3.44. The highest BCUT2D eigenvalue weighted by Gasteiger charge is 2.17. The van der Waals surface area contributed by atoms with E-state index in [1.54, 1.807) is 0 Å². The summed E-state index contributed by atoms with van der Waals surface area (Å²) in [6.07, 6.45) is 9.67. The second kappa shape index (κ2) is 5.03. The largest absolute Gasteiger partial charge is 0.333 e. The maximum Gasteiger partial charge on any atom is 0.0560 e. The number of aromatic nitrogens is 1. The third-order valence-electron chi connectivity index (χ3n) is 4.54. The van der Waals surface area contributed by atoms with Gasteiger partial charge in [-0.2, -0.15) is 0 Å². The molecule has 1 atom stereocenters. The van der Waals surface area contributed by atoms with Gasteiger partial charge in [0.1, 0.15) is 0 Å². The molecule has 0 N–H and O–H groups in total. The molecule has 2 aromatic carbocycles. The summed E-state index contributed by atoms with van der Waals surface area (Å²) in [4.78, 5) is 0. The van der Waals surface area contributed by atoms with Gasteiger partial charge in [-0.05, 0) is 37.1 Å². The van der Waals surface area contributed by atoms with Gasteiger partial charge in [0.25, 0.3) is 0 Å². The van der Waals surface area contributed by atoms with Gasteiger partial charge < -0.3 is 4.57 Å². The summed E-state index contributed by atoms with van der Waals surface area (Å²) in [5, 5.41) is 2.69. The Morgan fingerprint density at radius 1 is 1.09 bits per heavy atom. The number of hydrogen-bond donors (Lipinski definition) is 0. The third kappa shape index (κ3) is 1.93. The van der Waals surface area contributed by atoms with E-state index in [4.69, 9.17) is 0 Å². The smallest absolute Gasteiger partial charge is 0.0560 e. The highest BCUT2D eigenvalue weighted by molar-refractivity contribution is 6.08. The van der Waals surface area contributed by atoms with Crippen LogP contribution in [0.3, 0.4) is 0 Å². The number of fused-ring (bicyclic) bond motifs is 3. The second-order valence-corrected chi connectivity index (χ2v) is 5.98. The minimum absolute atomic E-state index is 0.369. The van der Waals surface area contributed by atoms with Crippen molar-refractivity contribution in [1.29, 1.82) is 0 Å². The number of rotatable bonds is 2. The molecule has 0 aliphatic heterocycles. The van der Waals surface area contributed by atoms with Gasteiger partial charge in [-0.15, -0.1) is 0 Å². The fourth-order valence-corrected chi connectivity index (χ4v) is 3.44. The Morgan fingerprint density at radius 2 is 1.91 bits per heavy atom. The van der Waals surface area contributed by atoms with E-state index in [2.05, 4.69) is 78.8 Å². The van der Waals surface area contributed by atoms with E-state index in [1.165, 1.54) is 32.9 Å². The lowest BCUT2D eigenvalue weighted by molar-refractivity contribution is 0.646. The SMILES string of the molecule is C=CC1=CCC(n2c3ccccc3c3cc(C)ccc32)C=C1. The quantitative estimate of drug-likeness (QED) is 0.568. The molecule has 0 saturated heterocycles. The first-order chi connectivity index (χ1) is 10.8. The molecule has 108 valence electrons. The van der Waals surface area contributed by atoms with Crippen LogP contribution in [0, 0.1) is 6.92 Å². The van der Waals surface area contributed by atoms with Crippen LogP contribution in [0.2, 0.25) is 0 Å². The van der Waals surface area contributed by atoms with Gasteiger partial charge in [-0.25, -0.2) is 0 Å². The second-order valence-electron chi connectivity index (χ2n) is 5.98. The number of allylic oxidation sites excluding steroid dienone is 5. The normalized spacial score (nSPS) is 17.9. The molecule has 1 aliphatic carbocycles. The molecule has 4 rings (SSSR count). The van der Waals surface area contributed by atoms with Crippen molar-refractivity contribution in [3.63, 3.8) is 0 Å². The number of nitrogens with zero attached hydrogens (tertiary/aromatic N) is 1. The number of benzene rings is 2. The molecule has 0 fully saturated rings. The van der Waals surface area contributed by atoms with Gasteiger partial charge in [-0.1, -0.05) is 60.7 Å². The van der Waals surface area contributed by atoms with Gasteiger partial charge in [0.15, 0.2) is 0 Å². The molecule has 1 aromatic heterocycles. The van der Waals surface area contributed by atoms with Gasteiger partial charge >= 0.3 is 0 Å². The first-order valence-corrected chi connectivity index (χ1v) is 7.78. The summed E-state index contributed by atoms with van der Waals surface area (Å²) in [6, 6.07) is 15.8. The van der Waals surface area contributed by atoms with Gasteiger partial charge in [0.05, 0.1) is 6.04 Å². The summed E-state index contributed by atoms with van der Waals surface area (Å²) in [7, 11) is 0. The topological polar surface area (TPSA) is 4.93 Å². The van der Waals surface area contributed by atoms with Crippen molar-refractivity contribution >= 4 is 21.8 Å². The molecular formula is C21H19N. The van der Waals surface area contributed by atoms with Gasteiger partial charge in [-0.3, -0.25) is 0 Å². The Morgan fingerprint density at radius 3 is 2.68 bits per heavy atom. The summed E-state index contributed by atoms with van der Waals surface area (Å²) < 4.78 is 2.47. The lowest BCUT2D eigenvalue weighted by Gasteiger charge is -2.19. The van der Waals surface area contributed by atoms with Crippen molar-refractivity contribution in [3.8, 4) is 0 Å². The fraction of sp³-hybridized carbons (Fsp3) is 0.143. The van der Waals surface area contributed by atoms with Gasteiger partial charge in [0, 0.05) is 21.8 Å². The Bertz CT molecular complexity index is 937. The molecule has 1 nitrogen and oxygen atoms in total. The van der Waals surface area contributed by atoms with Gasteiger partial charge in [0.2, 0.25) is 0 Å². The van der Waals surface area contributed by atoms with Crippen LogP contribution in [0.5, 0.6) is 0 Å². The molecule has 0 amide bonds. The summed E-state index contributed by atoms with van der Waals surface area (Å²) >= 11 is 0. The maximum atomic E-state index is 3.86. The summed E-state index contributed by atoms with van der Waals surface area (Å²) in [6.45, 7) is 6.01. The highest BCUT2D eigenvalue weighted by Crippen LogP contribution is 2.35. The van der Waals surface area contributed by atoms with Crippen LogP contribution in [-0.2, 0) is 0 Å². The standard InChI is InChI=1S/C21H19N/c1-3-16-9-11-17(12-10-16)22-20-7-5-4-6-18(20)19-14-15(2)8-13-21(19)22/h3-11,13-14,17H,1,12H2,2H3. The maximum absolute atomic E-state index is 3.86. The monoisotopic (exact) mass is 285 g/mol. The van der Waals surface area contributed by atoms with Crippen molar-refractivity contribution in [3.05, 3.63) is 84.5 Å². The summed E-state index contributed by atoms with van der Waals surface area (Å²) in [5.41, 5.74) is 5.15. The summed E-state index contributed by atoms with van der Waals surface area (Å²) in [5.74, 6) is 0. The van der Waals surface area contributed by atoms with E-state index in [1.807, 2.05) is 6.08 Å². The zero-order valence-electron chi connectivity index (χ0n) is 12.8. The minimum atomic E-state index is 0.369. The predicted octanol–water partition coefficient (Wildman–Crippen LogP) is 5.72. The molecule has 22 heavy (non-hydrogen) atoms. The zero-order chi connectivity index (χ0) is 15.1. The molecule has 0 radical (unpaired) electrons. The molecule has 3 aromatic rings. The average molecular weight is 285 g/mol. The molecule has 1 heterocycles. The zero-order valence-corrected chi connectivity index (χ0v) is 12.8. The highest BCUT2D eigenvalue weighted by atomic mass is 15.0. The lowest BCUT2D eigenvalue weighted by atomic mass is 10.0. The van der Waals surface area contributed by atoms with Crippen LogP contribution in [0.15, 0.2) is 78.9 Å². The van der Waals surface area contributed by atoms with Crippen molar-refractivity contribution in [2.24, 2.45) is 0 Å². The molecule has 0 saturated carbocycles. The molecule has 1 heteroatoms. The van der Waals surface area contributed by atoms with E-state index in [0.717, 1.165) is 6.42 Å². The Balaban J connectivity index is 1.98. The Hall–Kier alpha value is -2.54. The van der Waals surface area contributed by atoms with Crippen molar-refractivity contribution < 1.29 is 0 Å². The predicted molar refractivity (Wildman–Crippen MR) is 95.3 cm³/mol. The van der Waals surface area contributed by atoms with Crippen LogP contribution >= 0.6 is 0 Å². The molecular weight excluding hydrogens is 266 g/mol. The third-order valence-corrected chi connectivity index (χ3v) is 4.54. The van der Waals surface area contributed by atoms with E-state index >= 15 is 0 Å². The Kier molecular flexibility index (Phi) is 3.00. The first kappa shape index (κ1) is 13.1. The first-order valence-electron chi connectivity index (χ1n) is 7.78. The van der Waals surface area contributed by atoms with E-state index in [0.29, 0.717) is 6.04 Å². The molecule has 1 unspecified atom stereocenters. The Labute approximate surface area is 130 Å².